The number of hydrogen-bond acceptors (Lipinski definition) is 3. The number of likely N-dealkylation sites (tertiary alicyclic amines) is 1. The van der Waals surface area contributed by atoms with Gasteiger partial charge in [0.15, 0.2) is 0 Å². The molecule has 0 bridgehead atoms. The first-order valence-corrected chi connectivity index (χ1v) is 6.80. The lowest BCUT2D eigenvalue weighted by Gasteiger charge is -2.21. The molecule has 1 unspecified atom stereocenters. The van der Waals surface area contributed by atoms with Crippen LogP contribution >= 0.6 is 11.8 Å². The first-order valence-electron chi connectivity index (χ1n) is 5.99. The second kappa shape index (κ2) is 5.85. The topological polar surface area (TPSA) is 27.0 Å². The molecular weight excluding hydrogens is 273 g/mol. The molecule has 0 spiro atoms. The zero-order valence-corrected chi connectivity index (χ0v) is 11.0. The fourth-order valence-electron chi connectivity index (χ4n) is 2.22. The third kappa shape index (κ3) is 3.88. The second-order valence-electron chi connectivity index (χ2n) is 4.39. The molecule has 1 aliphatic rings. The van der Waals surface area contributed by atoms with Crippen molar-refractivity contribution in [3.63, 3.8) is 0 Å². The Balaban J connectivity index is 2.10. The fraction of sp³-hybridized carbons (Fsp3) is 0.462. The van der Waals surface area contributed by atoms with E-state index >= 15 is 0 Å². The zero-order valence-electron chi connectivity index (χ0n) is 10.2. The van der Waals surface area contributed by atoms with E-state index in [9.17, 15) is 18.4 Å². The maximum atomic E-state index is 12.2. The van der Waals surface area contributed by atoms with Crippen molar-refractivity contribution in [2.24, 2.45) is 0 Å². The summed E-state index contributed by atoms with van der Waals surface area (Å²) in [5.41, 5.74) is -3.51. The fourth-order valence-corrected chi connectivity index (χ4v) is 2.76. The van der Waals surface area contributed by atoms with Crippen LogP contribution in [0, 0.1) is 11.3 Å². The van der Waals surface area contributed by atoms with Crippen molar-refractivity contribution in [2.45, 2.75) is 29.3 Å². The van der Waals surface area contributed by atoms with Gasteiger partial charge < -0.3 is 0 Å². The average molecular weight is 286 g/mol. The highest BCUT2D eigenvalue weighted by molar-refractivity contribution is 8.00. The number of benzene rings is 1. The van der Waals surface area contributed by atoms with Crippen LogP contribution in [0.2, 0.25) is 0 Å². The van der Waals surface area contributed by atoms with Gasteiger partial charge in [0.05, 0.1) is 6.07 Å². The minimum Gasteiger partial charge on any atom is -0.284 e. The summed E-state index contributed by atoms with van der Waals surface area (Å²) in [5.74, 6) is 0. The first-order chi connectivity index (χ1) is 8.99. The Morgan fingerprint density at radius 1 is 1.16 bits per heavy atom. The summed E-state index contributed by atoms with van der Waals surface area (Å²) in [4.78, 5) is 2.21. The molecule has 1 fully saturated rings. The van der Waals surface area contributed by atoms with Crippen LogP contribution in [-0.4, -0.2) is 23.5 Å². The highest BCUT2D eigenvalue weighted by atomic mass is 32.2. The molecule has 1 aliphatic heterocycles. The maximum Gasteiger partial charge on any atom is 0.446 e. The van der Waals surface area contributed by atoms with Crippen molar-refractivity contribution in [3.8, 4) is 6.07 Å². The number of halogens is 3. The highest BCUT2D eigenvalue weighted by Crippen LogP contribution is 2.37. The van der Waals surface area contributed by atoms with Crippen molar-refractivity contribution in [2.75, 3.05) is 13.1 Å². The quantitative estimate of drug-likeness (QED) is 0.787. The van der Waals surface area contributed by atoms with Crippen molar-refractivity contribution >= 4 is 11.8 Å². The molecule has 19 heavy (non-hydrogen) atoms. The smallest absolute Gasteiger partial charge is 0.284 e. The van der Waals surface area contributed by atoms with Crippen LogP contribution < -0.4 is 0 Å². The molecule has 0 N–H and O–H groups in total. The van der Waals surface area contributed by atoms with Gasteiger partial charge in [0, 0.05) is 4.90 Å². The van der Waals surface area contributed by atoms with E-state index in [1.54, 1.807) is 12.1 Å². The molecule has 6 heteroatoms. The van der Waals surface area contributed by atoms with Gasteiger partial charge >= 0.3 is 5.51 Å². The van der Waals surface area contributed by atoms with E-state index in [-0.39, 0.29) is 22.7 Å². The van der Waals surface area contributed by atoms with Crippen LogP contribution in [0.1, 0.15) is 24.4 Å². The van der Waals surface area contributed by atoms with E-state index in [0.717, 1.165) is 31.5 Å². The Labute approximate surface area is 114 Å². The number of hydrogen-bond donors (Lipinski definition) is 0. The summed E-state index contributed by atoms with van der Waals surface area (Å²) in [6, 6.07) is 7.94. The number of nitrogens with zero attached hydrogens (tertiary/aromatic N) is 2. The maximum absolute atomic E-state index is 12.2. The summed E-state index contributed by atoms with van der Waals surface area (Å²) >= 11 is -0.136. The Morgan fingerprint density at radius 2 is 1.74 bits per heavy atom. The van der Waals surface area contributed by atoms with Gasteiger partial charge in [-0.2, -0.15) is 18.4 Å². The normalized spacial score (nSPS) is 18.2. The molecule has 1 heterocycles. The summed E-state index contributed by atoms with van der Waals surface area (Å²) in [5, 5.41) is 9.22. The predicted octanol–water partition coefficient (Wildman–Crippen LogP) is 3.96. The SMILES string of the molecule is N#CC(c1ccc(SC(F)(F)F)cc1)N1CCCC1. The van der Waals surface area contributed by atoms with Gasteiger partial charge in [-0.25, -0.2) is 0 Å². The Bertz CT molecular complexity index is 458. The minimum absolute atomic E-state index is 0.136. The van der Waals surface area contributed by atoms with Crippen molar-refractivity contribution in [1.82, 2.24) is 4.90 Å². The van der Waals surface area contributed by atoms with Crippen LogP contribution in [-0.2, 0) is 0 Å². The van der Waals surface area contributed by atoms with Gasteiger partial charge in [-0.1, -0.05) is 12.1 Å². The lowest BCUT2D eigenvalue weighted by Crippen LogP contribution is -2.24. The van der Waals surface area contributed by atoms with Crippen molar-refractivity contribution in [3.05, 3.63) is 29.8 Å². The lowest BCUT2D eigenvalue weighted by molar-refractivity contribution is -0.0328. The Morgan fingerprint density at radius 3 is 2.21 bits per heavy atom. The molecule has 1 aromatic carbocycles. The molecule has 0 saturated carbocycles. The molecule has 102 valence electrons. The number of rotatable bonds is 3. The van der Waals surface area contributed by atoms with Crippen molar-refractivity contribution in [1.29, 1.82) is 5.26 Å². The van der Waals surface area contributed by atoms with Crippen LogP contribution in [0.4, 0.5) is 13.2 Å². The van der Waals surface area contributed by atoms with Gasteiger partial charge in [-0.05, 0) is 55.4 Å². The van der Waals surface area contributed by atoms with Crippen molar-refractivity contribution < 1.29 is 13.2 Å². The van der Waals surface area contributed by atoms with E-state index in [0.29, 0.717) is 0 Å². The Kier molecular flexibility index (Phi) is 4.38. The molecule has 1 atom stereocenters. The first kappa shape index (κ1) is 14.2. The lowest BCUT2D eigenvalue weighted by atomic mass is 10.1. The number of thioether (sulfide) groups is 1. The summed E-state index contributed by atoms with van der Waals surface area (Å²) < 4.78 is 36.6. The van der Waals surface area contributed by atoms with E-state index < -0.39 is 5.51 Å². The number of alkyl halides is 3. The van der Waals surface area contributed by atoms with Crippen LogP contribution in [0.5, 0.6) is 0 Å². The van der Waals surface area contributed by atoms with E-state index in [4.69, 9.17) is 0 Å². The third-order valence-electron chi connectivity index (χ3n) is 3.06. The highest BCUT2D eigenvalue weighted by Gasteiger charge is 2.29. The minimum atomic E-state index is -4.27. The Hall–Kier alpha value is -1.19. The van der Waals surface area contributed by atoms with E-state index in [1.165, 1.54) is 12.1 Å². The van der Waals surface area contributed by atoms with Gasteiger partial charge in [0.2, 0.25) is 0 Å². The molecule has 1 aromatic rings. The second-order valence-corrected chi connectivity index (χ2v) is 5.53. The molecule has 0 amide bonds. The predicted molar refractivity (Wildman–Crippen MR) is 67.5 cm³/mol. The largest absolute Gasteiger partial charge is 0.446 e. The van der Waals surface area contributed by atoms with Crippen LogP contribution in [0.15, 0.2) is 29.2 Å². The third-order valence-corrected chi connectivity index (χ3v) is 3.80. The standard InChI is InChI=1S/C13H13F3N2S/c14-13(15,16)19-11-5-3-10(4-6-11)12(9-17)18-7-1-2-8-18/h3-6,12H,1-2,7-8H2. The van der Waals surface area contributed by atoms with Gasteiger partial charge in [0.25, 0.3) is 0 Å². The van der Waals surface area contributed by atoms with Gasteiger partial charge in [0.1, 0.15) is 6.04 Å². The van der Waals surface area contributed by atoms with Crippen LogP contribution in [0.25, 0.3) is 0 Å². The zero-order chi connectivity index (χ0) is 13.9. The monoisotopic (exact) mass is 286 g/mol. The number of nitriles is 1. The molecule has 0 aliphatic carbocycles. The van der Waals surface area contributed by atoms with E-state index in [1.807, 2.05) is 0 Å². The molecule has 0 radical (unpaired) electrons. The summed E-state index contributed by atoms with van der Waals surface area (Å²) in [6.07, 6.45) is 2.14. The molecule has 2 nitrogen and oxygen atoms in total. The summed E-state index contributed by atoms with van der Waals surface area (Å²) in [7, 11) is 0. The molecule has 0 aromatic heterocycles. The molecule has 1 saturated heterocycles. The van der Waals surface area contributed by atoms with Gasteiger partial charge in [-0.3, -0.25) is 4.90 Å². The van der Waals surface area contributed by atoms with E-state index in [2.05, 4.69) is 11.0 Å². The average Bonchev–Trinajstić information content (AvgIpc) is 2.84. The molecule has 2 rings (SSSR count). The molecular formula is C13H13F3N2S. The van der Waals surface area contributed by atoms with Gasteiger partial charge in [-0.15, -0.1) is 0 Å². The van der Waals surface area contributed by atoms with Crippen LogP contribution in [0.3, 0.4) is 0 Å². The summed E-state index contributed by atoms with van der Waals surface area (Å²) in [6.45, 7) is 1.74.